The normalized spacial score (nSPS) is 12.8. The molecule has 2 nitrogen and oxygen atoms in total. The van der Waals surface area contributed by atoms with Crippen LogP contribution in [0.3, 0.4) is 0 Å². The molecule has 2 atom stereocenters. The number of halogens is 2. The number of nitrogens with two attached hydrogens (primary N) is 1. The van der Waals surface area contributed by atoms with Crippen molar-refractivity contribution in [1.82, 2.24) is 0 Å². The Balaban J connectivity index is 0.00000200. The molecular weight excluding hydrogens is 336 g/mol. The Kier molecular flexibility index (Phi) is 6.74. The second-order valence-electron chi connectivity index (χ2n) is 4.52. The highest BCUT2D eigenvalue weighted by Crippen LogP contribution is 2.21. The summed E-state index contributed by atoms with van der Waals surface area (Å²) in [4.78, 5) is 0. The summed E-state index contributed by atoms with van der Waals surface area (Å²) in [6, 6.07) is 20.6. The fourth-order valence-electron chi connectivity index (χ4n) is 2.10. The lowest BCUT2D eigenvalue weighted by Crippen LogP contribution is -3.00. The molecule has 0 saturated carbocycles. The molecule has 0 fully saturated rings. The van der Waals surface area contributed by atoms with Crippen LogP contribution in [0.5, 0.6) is 0 Å². The zero-order valence-corrected chi connectivity index (χ0v) is 13.5. The van der Waals surface area contributed by atoms with Crippen molar-refractivity contribution in [1.29, 1.82) is 5.26 Å². The van der Waals surface area contributed by atoms with E-state index in [1.807, 2.05) is 42.5 Å². The van der Waals surface area contributed by atoms with Crippen LogP contribution in [-0.2, 0) is 0 Å². The summed E-state index contributed by atoms with van der Waals surface area (Å²) in [5.74, 6) is 0. The molecule has 20 heavy (non-hydrogen) atoms. The SMILES string of the molecule is C[C@H]([NH2+][C@H](C#N)c1ccccc1Br)c1ccccc1.[Cl-]. The van der Waals surface area contributed by atoms with Crippen LogP contribution < -0.4 is 17.7 Å². The smallest absolute Gasteiger partial charge is 0.200 e. The lowest BCUT2D eigenvalue weighted by atomic mass is 10.0. The molecule has 0 spiro atoms. The first-order valence-electron chi connectivity index (χ1n) is 6.26. The van der Waals surface area contributed by atoms with Crippen LogP contribution in [0.15, 0.2) is 59.1 Å². The highest BCUT2D eigenvalue weighted by molar-refractivity contribution is 9.10. The summed E-state index contributed by atoms with van der Waals surface area (Å²) >= 11 is 3.51. The number of hydrogen-bond acceptors (Lipinski definition) is 1. The van der Waals surface area contributed by atoms with Gasteiger partial charge < -0.3 is 17.7 Å². The van der Waals surface area contributed by atoms with Crippen molar-refractivity contribution in [3.63, 3.8) is 0 Å². The Morgan fingerprint density at radius 3 is 2.25 bits per heavy atom. The van der Waals surface area contributed by atoms with Gasteiger partial charge in [0.15, 0.2) is 0 Å². The molecule has 2 N–H and O–H groups in total. The Morgan fingerprint density at radius 1 is 1.05 bits per heavy atom. The van der Waals surface area contributed by atoms with Gasteiger partial charge in [-0.1, -0.05) is 64.5 Å². The highest BCUT2D eigenvalue weighted by atomic mass is 79.9. The maximum absolute atomic E-state index is 9.40. The van der Waals surface area contributed by atoms with Crippen molar-refractivity contribution in [2.24, 2.45) is 0 Å². The number of nitrogens with zero attached hydrogens (tertiary/aromatic N) is 1. The largest absolute Gasteiger partial charge is 1.00 e. The molecule has 0 radical (unpaired) electrons. The van der Waals surface area contributed by atoms with E-state index in [2.05, 4.69) is 46.4 Å². The molecule has 0 aliphatic carbocycles. The molecule has 0 unspecified atom stereocenters. The third kappa shape index (κ3) is 4.08. The van der Waals surface area contributed by atoms with Crippen molar-refractivity contribution in [3.05, 3.63) is 70.2 Å². The monoisotopic (exact) mass is 350 g/mol. The van der Waals surface area contributed by atoms with Crippen LogP contribution in [0.4, 0.5) is 0 Å². The van der Waals surface area contributed by atoms with Crippen molar-refractivity contribution in [2.45, 2.75) is 19.0 Å². The molecule has 0 amide bonds. The standard InChI is InChI=1S/C16H15BrN2.ClH/c1-12(13-7-3-2-4-8-13)19-16(11-18)14-9-5-6-10-15(14)17;/h2-10,12,16,19H,1H3;1H/t12-,16+;/m0./s1. The van der Waals surface area contributed by atoms with Gasteiger partial charge in [-0.2, -0.15) is 5.26 Å². The van der Waals surface area contributed by atoms with Crippen LogP contribution in [0, 0.1) is 11.3 Å². The van der Waals surface area contributed by atoms with Crippen LogP contribution in [-0.4, -0.2) is 0 Å². The summed E-state index contributed by atoms with van der Waals surface area (Å²) in [7, 11) is 0. The summed E-state index contributed by atoms with van der Waals surface area (Å²) < 4.78 is 0.984. The molecule has 0 aliphatic rings. The van der Waals surface area contributed by atoms with Crippen molar-refractivity contribution in [2.75, 3.05) is 0 Å². The van der Waals surface area contributed by atoms with E-state index >= 15 is 0 Å². The zero-order valence-electron chi connectivity index (χ0n) is 11.1. The third-order valence-corrected chi connectivity index (χ3v) is 3.91. The minimum atomic E-state index is -0.203. The maximum Gasteiger partial charge on any atom is 0.200 e. The van der Waals surface area contributed by atoms with Gasteiger partial charge in [-0.25, -0.2) is 0 Å². The van der Waals surface area contributed by atoms with Crippen molar-refractivity contribution < 1.29 is 17.7 Å². The summed E-state index contributed by atoms with van der Waals surface area (Å²) in [6.07, 6.45) is 0. The fourth-order valence-corrected chi connectivity index (χ4v) is 2.63. The predicted molar refractivity (Wildman–Crippen MR) is 79.3 cm³/mol. The Labute approximate surface area is 134 Å². The van der Waals surface area contributed by atoms with Gasteiger partial charge in [0, 0.05) is 15.6 Å². The minimum Gasteiger partial charge on any atom is -1.00 e. The Morgan fingerprint density at radius 2 is 1.65 bits per heavy atom. The molecule has 0 heterocycles. The topological polar surface area (TPSA) is 40.4 Å². The predicted octanol–water partition coefficient (Wildman–Crippen LogP) is 0.342. The van der Waals surface area contributed by atoms with Crippen LogP contribution in [0.1, 0.15) is 30.1 Å². The average Bonchev–Trinajstić information content (AvgIpc) is 2.46. The molecule has 0 aliphatic heterocycles. The van der Waals surface area contributed by atoms with E-state index in [0.29, 0.717) is 0 Å². The number of benzene rings is 2. The van der Waals surface area contributed by atoms with E-state index in [4.69, 9.17) is 0 Å². The lowest BCUT2D eigenvalue weighted by molar-refractivity contribution is -0.720. The molecular formula is C16H16BrClN2. The molecule has 0 aromatic heterocycles. The van der Waals surface area contributed by atoms with Crippen LogP contribution >= 0.6 is 15.9 Å². The van der Waals surface area contributed by atoms with Gasteiger partial charge in [-0.05, 0) is 13.0 Å². The Bertz CT molecular complexity index is 581. The van der Waals surface area contributed by atoms with Gasteiger partial charge in [0.1, 0.15) is 12.1 Å². The number of quaternary nitrogens is 1. The summed E-state index contributed by atoms with van der Waals surface area (Å²) in [6.45, 7) is 2.12. The van der Waals surface area contributed by atoms with Gasteiger partial charge in [-0.15, -0.1) is 0 Å². The van der Waals surface area contributed by atoms with E-state index in [-0.39, 0.29) is 24.5 Å². The van der Waals surface area contributed by atoms with E-state index in [9.17, 15) is 5.26 Å². The first-order valence-corrected chi connectivity index (χ1v) is 7.05. The van der Waals surface area contributed by atoms with Crippen molar-refractivity contribution in [3.8, 4) is 6.07 Å². The van der Waals surface area contributed by atoms with Gasteiger partial charge >= 0.3 is 0 Å². The first-order chi connectivity index (χ1) is 9.22. The third-order valence-electron chi connectivity index (χ3n) is 3.19. The second-order valence-corrected chi connectivity index (χ2v) is 5.37. The lowest BCUT2D eigenvalue weighted by Gasteiger charge is -2.16. The van der Waals surface area contributed by atoms with Crippen molar-refractivity contribution >= 4 is 15.9 Å². The number of nitriles is 1. The van der Waals surface area contributed by atoms with E-state index < -0.39 is 0 Å². The highest BCUT2D eigenvalue weighted by Gasteiger charge is 2.20. The summed E-state index contributed by atoms with van der Waals surface area (Å²) in [5, 5.41) is 11.5. The molecule has 0 saturated heterocycles. The molecule has 2 rings (SSSR count). The van der Waals surface area contributed by atoms with E-state index in [0.717, 1.165) is 10.0 Å². The first kappa shape index (κ1) is 16.7. The molecule has 2 aromatic rings. The van der Waals surface area contributed by atoms with Crippen LogP contribution in [0.2, 0.25) is 0 Å². The second kappa shape index (κ2) is 8.06. The average molecular weight is 352 g/mol. The van der Waals surface area contributed by atoms with Gasteiger partial charge in [-0.3, -0.25) is 0 Å². The summed E-state index contributed by atoms with van der Waals surface area (Å²) in [5.41, 5.74) is 2.25. The van der Waals surface area contributed by atoms with Gasteiger partial charge in [0.25, 0.3) is 0 Å². The number of rotatable bonds is 4. The quantitative estimate of drug-likeness (QED) is 0.848. The fraction of sp³-hybridized carbons (Fsp3) is 0.188. The van der Waals surface area contributed by atoms with E-state index in [1.165, 1.54) is 5.56 Å². The molecule has 0 bridgehead atoms. The molecule has 4 heteroatoms. The molecule has 2 aromatic carbocycles. The van der Waals surface area contributed by atoms with Gasteiger partial charge in [0.05, 0.1) is 0 Å². The minimum absolute atomic E-state index is 0. The Hall–Kier alpha value is -1.34. The zero-order chi connectivity index (χ0) is 13.7. The maximum atomic E-state index is 9.40. The van der Waals surface area contributed by atoms with Gasteiger partial charge in [0.2, 0.25) is 6.04 Å². The van der Waals surface area contributed by atoms with E-state index in [1.54, 1.807) is 0 Å². The van der Waals surface area contributed by atoms with Crippen LogP contribution in [0.25, 0.3) is 0 Å². The molecule has 104 valence electrons. The number of hydrogen-bond donors (Lipinski definition) is 1.